The van der Waals surface area contributed by atoms with E-state index in [1.807, 2.05) is 18.2 Å². The lowest BCUT2D eigenvalue weighted by Gasteiger charge is -2.16. The molecule has 8 heteroatoms. The molecule has 0 aliphatic carbocycles. The number of fused-ring (bicyclic) bond motifs is 1. The Labute approximate surface area is 189 Å². The number of halogens is 2. The van der Waals surface area contributed by atoms with Crippen molar-refractivity contribution >= 4 is 23.2 Å². The standard InChI is InChI=1S/C24H22ClFN2O4/c1-15-2-4-18(19(26)10-15)14-32-21-7-8-27(24(31)23(21)25)12-16-3-5-20-17(11-16)6-9-28(20)22(30)13-29/h2-5,7-8,10-11,29H,6,9,12-14H2,1H3. The lowest BCUT2D eigenvalue weighted by Crippen LogP contribution is -2.31. The first-order chi connectivity index (χ1) is 15.4. The number of aliphatic hydroxyl groups is 1. The smallest absolute Gasteiger partial charge is 0.273 e. The summed E-state index contributed by atoms with van der Waals surface area (Å²) < 4.78 is 21.1. The third-order valence-electron chi connectivity index (χ3n) is 5.49. The van der Waals surface area contributed by atoms with Crippen molar-refractivity contribution in [2.45, 2.75) is 26.5 Å². The number of ether oxygens (including phenoxy) is 1. The molecule has 0 atom stereocenters. The van der Waals surface area contributed by atoms with Crippen LogP contribution in [0.2, 0.25) is 5.02 Å². The molecule has 0 unspecified atom stereocenters. The van der Waals surface area contributed by atoms with Gasteiger partial charge in [-0.05, 0) is 48.2 Å². The summed E-state index contributed by atoms with van der Waals surface area (Å²) in [5, 5.41) is 9.04. The highest BCUT2D eigenvalue weighted by Crippen LogP contribution is 2.29. The maximum Gasteiger partial charge on any atom is 0.273 e. The van der Waals surface area contributed by atoms with Crippen LogP contribution in [0.15, 0.2) is 53.5 Å². The number of anilines is 1. The second-order valence-corrected chi connectivity index (χ2v) is 8.11. The van der Waals surface area contributed by atoms with E-state index in [-0.39, 0.29) is 29.1 Å². The molecule has 1 aliphatic heterocycles. The first-order valence-corrected chi connectivity index (χ1v) is 10.5. The molecule has 0 bridgehead atoms. The summed E-state index contributed by atoms with van der Waals surface area (Å²) in [4.78, 5) is 26.1. The van der Waals surface area contributed by atoms with Crippen molar-refractivity contribution in [3.05, 3.63) is 92.1 Å². The molecule has 0 spiro atoms. The van der Waals surface area contributed by atoms with Gasteiger partial charge >= 0.3 is 0 Å². The number of pyridine rings is 1. The Hall–Kier alpha value is -3.16. The zero-order chi connectivity index (χ0) is 22.8. The van der Waals surface area contributed by atoms with E-state index in [0.29, 0.717) is 25.1 Å². The van der Waals surface area contributed by atoms with Crippen LogP contribution in [0.25, 0.3) is 0 Å². The molecule has 1 N–H and O–H groups in total. The molecule has 0 fully saturated rings. The average molecular weight is 457 g/mol. The third-order valence-corrected chi connectivity index (χ3v) is 5.84. The number of aromatic nitrogens is 1. The minimum absolute atomic E-state index is 0.0385. The number of aliphatic hydroxyl groups excluding tert-OH is 1. The highest BCUT2D eigenvalue weighted by Gasteiger charge is 2.24. The monoisotopic (exact) mass is 456 g/mol. The van der Waals surface area contributed by atoms with Gasteiger partial charge in [0.1, 0.15) is 29.8 Å². The Kier molecular flexibility index (Phi) is 6.30. The van der Waals surface area contributed by atoms with E-state index >= 15 is 0 Å². The Morgan fingerprint density at radius 1 is 1.22 bits per heavy atom. The van der Waals surface area contributed by atoms with Crippen LogP contribution in [-0.4, -0.2) is 28.7 Å². The molecular weight excluding hydrogens is 435 g/mol. The van der Waals surface area contributed by atoms with Crippen LogP contribution in [0.5, 0.6) is 5.75 Å². The van der Waals surface area contributed by atoms with E-state index in [4.69, 9.17) is 21.4 Å². The highest BCUT2D eigenvalue weighted by molar-refractivity contribution is 6.31. The number of carbonyl (C=O) groups excluding carboxylic acids is 1. The van der Waals surface area contributed by atoms with Crippen LogP contribution < -0.4 is 15.2 Å². The van der Waals surface area contributed by atoms with Gasteiger partial charge in [0, 0.05) is 24.0 Å². The molecule has 2 aromatic carbocycles. The maximum absolute atomic E-state index is 14.0. The number of aryl methyl sites for hydroxylation is 1. The van der Waals surface area contributed by atoms with Gasteiger partial charge in [-0.3, -0.25) is 9.59 Å². The number of carbonyl (C=O) groups is 1. The number of benzene rings is 2. The summed E-state index contributed by atoms with van der Waals surface area (Å²) in [7, 11) is 0. The zero-order valence-corrected chi connectivity index (χ0v) is 18.2. The Bertz CT molecular complexity index is 1240. The van der Waals surface area contributed by atoms with Crippen molar-refractivity contribution in [1.29, 1.82) is 0 Å². The highest BCUT2D eigenvalue weighted by atomic mass is 35.5. The van der Waals surface area contributed by atoms with Gasteiger partial charge in [-0.1, -0.05) is 35.9 Å². The molecule has 6 nitrogen and oxygen atoms in total. The second-order valence-electron chi connectivity index (χ2n) is 7.73. The van der Waals surface area contributed by atoms with Gasteiger partial charge in [-0.15, -0.1) is 0 Å². The normalized spacial score (nSPS) is 12.7. The van der Waals surface area contributed by atoms with Crippen molar-refractivity contribution in [2.75, 3.05) is 18.1 Å². The largest absolute Gasteiger partial charge is 0.487 e. The first-order valence-electron chi connectivity index (χ1n) is 10.2. The molecule has 4 rings (SSSR count). The number of rotatable bonds is 6. The Morgan fingerprint density at radius 3 is 2.78 bits per heavy atom. The lowest BCUT2D eigenvalue weighted by atomic mass is 10.1. The minimum Gasteiger partial charge on any atom is -0.487 e. The molecular formula is C24H22ClFN2O4. The number of hydrogen-bond donors (Lipinski definition) is 1. The fourth-order valence-corrected chi connectivity index (χ4v) is 4.01. The van der Waals surface area contributed by atoms with Crippen LogP contribution in [0, 0.1) is 12.7 Å². The molecule has 1 amide bonds. The number of amides is 1. The van der Waals surface area contributed by atoms with Crippen molar-refractivity contribution in [3.8, 4) is 5.75 Å². The summed E-state index contributed by atoms with van der Waals surface area (Å²) in [6.07, 6.45) is 2.27. The van der Waals surface area contributed by atoms with Gasteiger partial charge in [0.25, 0.3) is 11.5 Å². The van der Waals surface area contributed by atoms with E-state index in [1.165, 1.54) is 10.6 Å². The van der Waals surface area contributed by atoms with E-state index < -0.39 is 12.2 Å². The minimum atomic E-state index is -0.528. The molecule has 0 radical (unpaired) electrons. The summed E-state index contributed by atoms with van der Waals surface area (Å²) in [6, 6.07) is 12.1. The first kappa shape index (κ1) is 22.0. The van der Waals surface area contributed by atoms with Gasteiger partial charge in [-0.25, -0.2) is 4.39 Å². The van der Waals surface area contributed by atoms with Crippen LogP contribution in [0.1, 0.15) is 22.3 Å². The molecule has 3 aromatic rings. The Morgan fingerprint density at radius 2 is 2.03 bits per heavy atom. The number of nitrogens with zero attached hydrogens (tertiary/aromatic N) is 2. The summed E-state index contributed by atoms with van der Waals surface area (Å²) in [5.41, 5.74) is 3.43. The van der Waals surface area contributed by atoms with Crippen LogP contribution in [0.3, 0.4) is 0 Å². The fourth-order valence-electron chi connectivity index (χ4n) is 3.79. The van der Waals surface area contributed by atoms with Crippen molar-refractivity contribution < 1.29 is 19.0 Å². The van der Waals surface area contributed by atoms with Gasteiger partial charge in [-0.2, -0.15) is 0 Å². The second kappa shape index (κ2) is 9.14. The SMILES string of the molecule is Cc1ccc(COc2ccn(Cc3ccc4c(c3)CCN4C(=O)CO)c(=O)c2Cl)c(F)c1. The predicted molar refractivity (Wildman–Crippen MR) is 120 cm³/mol. The van der Waals surface area contributed by atoms with Crippen molar-refractivity contribution in [3.63, 3.8) is 0 Å². The molecule has 1 aromatic heterocycles. The number of hydrogen-bond acceptors (Lipinski definition) is 4. The topological polar surface area (TPSA) is 71.8 Å². The summed E-state index contributed by atoms with van der Waals surface area (Å²) >= 11 is 6.24. The summed E-state index contributed by atoms with van der Waals surface area (Å²) in [6.45, 7) is 2.06. The van der Waals surface area contributed by atoms with Crippen LogP contribution in [0.4, 0.5) is 10.1 Å². The van der Waals surface area contributed by atoms with Gasteiger partial charge < -0.3 is 19.3 Å². The van der Waals surface area contributed by atoms with Crippen LogP contribution in [-0.2, 0) is 24.4 Å². The van der Waals surface area contributed by atoms with E-state index in [0.717, 1.165) is 22.4 Å². The van der Waals surface area contributed by atoms with Crippen LogP contribution >= 0.6 is 11.6 Å². The van der Waals surface area contributed by atoms with Crippen molar-refractivity contribution in [1.82, 2.24) is 4.57 Å². The van der Waals surface area contributed by atoms with Gasteiger partial charge in [0.15, 0.2) is 0 Å². The molecule has 32 heavy (non-hydrogen) atoms. The third kappa shape index (κ3) is 4.40. The van der Waals surface area contributed by atoms with Gasteiger partial charge in [0.2, 0.25) is 0 Å². The fraction of sp³-hybridized carbons (Fsp3) is 0.250. The predicted octanol–water partition coefficient (Wildman–Crippen LogP) is 3.46. The quantitative estimate of drug-likeness (QED) is 0.616. The Balaban J connectivity index is 1.49. The molecule has 2 heterocycles. The average Bonchev–Trinajstić information content (AvgIpc) is 3.20. The van der Waals surface area contributed by atoms with E-state index in [1.54, 1.807) is 36.2 Å². The van der Waals surface area contributed by atoms with Gasteiger partial charge in [0.05, 0.1) is 6.54 Å². The molecule has 166 valence electrons. The van der Waals surface area contributed by atoms with E-state index in [2.05, 4.69) is 0 Å². The molecule has 1 aliphatic rings. The van der Waals surface area contributed by atoms with Crippen molar-refractivity contribution in [2.24, 2.45) is 0 Å². The lowest BCUT2D eigenvalue weighted by molar-refractivity contribution is -0.121. The molecule has 0 saturated heterocycles. The summed E-state index contributed by atoms with van der Waals surface area (Å²) in [5.74, 6) is -0.508. The zero-order valence-electron chi connectivity index (χ0n) is 17.5. The maximum atomic E-state index is 14.0. The molecule has 0 saturated carbocycles. The van der Waals surface area contributed by atoms with E-state index in [9.17, 15) is 14.0 Å².